The Morgan fingerprint density at radius 3 is 3.00 bits per heavy atom. The molecule has 0 spiro atoms. The molecule has 1 atom stereocenters. The first-order valence-corrected chi connectivity index (χ1v) is 6.64. The summed E-state index contributed by atoms with van der Waals surface area (Å²) < 4.78 is 5.17. The monoisotopic (exact) mass is 262 g/mol. The van der Waals surface area contributed by atoms with Gasteiger partial charge in [-0.3, -0.25) is 0 Å². The Morgan fingerprint density at radius 1 is 1.50 bits per heavy atom. The average Bonchev–Trinajstić information content (AvgIpc) is 2.89. The Morgan fingerprint density at radius 2 is 2.33 bits per heavy atom. The van der Waals surface area contributed by atoms with E-state index in [9.17, 15) is 0 Å². The molecule has 2 heterocycles. The lowest BCUT2D eigenvalue weighted by Gasteiger charge is -2.00. The second-order valence-corrected chi connectivity index (χ2v) is 5.37. The third-order valence-corrected chi connectivity index (χ3v) is 3.30. The van der Waals surface area contributed by atoms with Crippen LogP contribution in [0.3, 0.4) is 0 Å². The Kier molecular flexibility index (Phi) is 4.05. The number of nitriles is 1. The summed E-state index contributed by atoms with van der Waals surface area (Å²) in [6.07, 6.45) is 1.75. The molecule has 18 heavy (non-hydrogen) atoms. The maximum Gasteiger partial charge on any atom is 0.226 e. The van der Waals surface area contributed by atoms with Gasteiger partial charge >= 0.3 is 0 Å². The van der Waals surface area contributed by atoms with Crippen LogP contribution in [0.25, 0.3) is 0 Å². The second-order valence-electron chi connectivity index (χ2n) is 4.31. The van der Waals surface area contributed by atoms with Gasteiger partial charge in [-0.05, 0) is 12.8 Å². The molecule has 6 heteroatoms. The van der Waals surface area contributed by atoms with Crippen LogP contribution < -0.4 is 0 Å². The highest BCUT2D eigenvalue weighted by molar-refractivity contribution is 7.09. The smallest absolute Gasteiger partial charge is 0.226 e. The summed E-state index contributed by atoms with van der Waals surface area (Å²) in [5.74, 6) is 1.49. The van der Waals surface area contributed by atoms with Gasteiger partial charge in [0.2, 0.25) is 5.89 Å². The summed E-state index contributed by atoms with van der Waals surface area (Å²) in [5, 5.41) is 15.6. The first-order valence-electron chi connectivity index (χ1n) is 5.76. The van der Waals surface area contributed by atoms with Gasteiger partial charge in [-0.1, -0.05) is 12.1 Å². The van der Waals surface area contributed by atoms with Gasteiger partial charge in [0.15, 0.2) is 5.82 Å². The summed E-state index contributed by atoms with van der Waals surface area (Å²) in [7, 11) is 0. The van der Waals surface area contributed by atoms with Gasteiger partial charge in [0.1, 0.15) is 0 Å². The van der Waals surface area contributed by atoms with Crippen LogP contribution in [0, 0.1) is 24.2 Å². The number of aryl methyl sites for hydroxylation is 1. The van der Waals surface area contributed by atoms with Crippen molar-refractivity contribution in [2.45, 2.75) is 33.1 Å². The average molecular weight is 262 g/mol. The zero-order valence-corrected chi connectivity index (χ0v) is 11.2. The largest absolute Gasteiger partial charge is 0.339 e. The summed E-state index contributed by atoms with van der Waals surface area (Å²) in [5.41, 5.74) is 0.968. The topological polar surface area (TPSA) is 75.6 Å². The minimum atomic E-state index is 0.241. The van der Waals surface area contributed by atoms with Crippen molar-refractivity contribution in [3.8, 4) is 6.07 Å². The highest BCUT2D eigenvalue weighted by Crippen LogP contribution is 2.13. The zero-order chi connectivity index (χ0) is 13.0. The van der Waals surface area contributed by atoms with Gasteiger partial charge in [0.05, 0.1) is 23.2 Å². The molecule has 0 radical (unpaired) electrons. The molecular weight excluding hydrogens is 248 g/mol. The Bertz CT molecular complexity index is 554. The van der Waals surface area contributed by atoms with Crippen LogP contribution in [0.2, 0.25) is 0 Å². The summed E-state index contributed by atoms with van der Waals surface area (Å²) in [6.45, 7) is 3.97. The van der Waals surface area contributed by atoms with Gasteiger partial charge in [-0.15, -0.1) is 11.3 Å². The van der Waals surface area contributed by atoms with E-state index in [4.69, 9.17) is 9.78 Å². The van der Waals surface area contributed by atoms with Crippen molar-refractivity contribution in [1.82, 2.24) is 15.1 Å². The number of hydrogen-bond donors (Lipinski definition) is 0. The fraction of sp³-hybridized carbons (Fsp3) is 0.500. The minimum Gasteiger partial charge on any atom is -0.339 e. The highest BCUT2D eigenvalue weighted by Gasteiger charge is 2.12. The van der Waals surface area contributed by atoms with Crippen molar-refractivity contribution >= 4 is 11.3 Å². The molecule has 0 fully saturated rings. The van der Waals surface area contributed by atoms with Gasteiger partial charge in [0.25, 0.3) is 0 Å². The fourth-order valence-electron chi connectivity index (χ4n) is 1.62. The third-order valence-electron chi connectivity index (χ3n) is 2.48. The van der Waals surface area contributed by atoms with Crippen molar-refractivity contribution in [3.63, 3.8) is 0 Å². The fourth-order valence-corrected chi connectivity index (χ4v) is 2.23. The van der Waals surface area contributed by atoms with E-state index in [1.54, 1.807) is 11.3 Å². The molecule has 2 rings (SSSR count). The molecule has 0 N–H and O–H groups in total. The molecule has 0 aliphatic carbocycles. The summed E-state index contributed by atoms with van der Waals surface area (Å²) in [6, 6.07) is 2.14. The Hall–Kier alpha value is -1.74. The number of hydrogen-bond acceptors (Lipinski definition) is 6. The molecule has 0 aromatic carbocycles. The van der Waals surface area contributed by atoms with E-state index in [0.29, 0.717) is 31.0 Å². The van der Waals surface area contributed by atoms with Gasteiger partial charge in [-0.2, -0.15) is 10.2 Å². The maximum atomic E-state index is 8.59. The first-order chi connectivity index (χ1) is 8.67. The molecule has 0 aliphatic heterocycles. The van der Waals surface area contributed by atoms with E-state index in [0.717, 1.165) is 10.7 Å². The lowest BCUT2D eigenvalue weighted by molar-refractivity contribution is 0.355. The Labute approximate surface area is 109 Å². The normalized spacial score (nSPS) is 12.3. The predicted molar refractivity (Wildman–Crippen MR) is 67.1 cm³/mol. The van der Waals surface area contributed by atoms with Crippen molar-refractivity contribution in [2.75, 3.05) is 0 Å². The predicted octanol–water partition coefficient (Wildman–Crippen LogP) is 2.52. The molecule has 1 unspecified atom stereocenters. The van der Waals surface area contributed by atoms with Crippen LogP contribution >= 0.6 is 11.3 Å². The SMILES string of the molecule is Cc1nc(Cc2noc(CC(C)CC#N)n2)cs1. The van der Waals surface area contributed by atoms with Gasteiger partial charge < -0.3 is 4.52 Å². The van der Waals surface area contributed by atoms with Crippen molar-refractivity contribution in [1.29, 1.82) is 5.26 Å². The zero-order valence-electron chi connectivity index (χ0n) is 10.4. The molecule has 0 amide bonds. The third kappa shape index (κ3) is 3.37. The number of nitrogens with zero attached hydrogens (tertiary/aromatic N) is 4. The molecule has 94 valence electrons. The van der Waals surface area contributed by atoms with E-state index >= 15 is 0 Å². The van der Waals surface area contributed by atoms with Crippen LogP contribution in [0.4, 0.5) is 0 Å². The first kappa shape index (κ1) is 12.7. The Balaban J connectivity index is 1.96. The van der Waals surface area contributed by atoms with E-state index < -0.39 is 0 Å². The van der Waals surface area contributed by atoms with Gasteiger partial charge in [0, 0.05) is 18.2 Å². The number of thiazole rings is 1. The molecule has 2 aromatic heterocycles. The standard InChI is InChI=1S/C12H14N4OS/c1-8(3-4-13)5-12-15-11(16-17-12)6-10-7-18-9(2)14-10/h7-8H,3,5-6H2,1-2H3. The second kappa shape index (κ2) is 5.74. The molecule has 0 bridgehead atoms. The van der Waals surface area contributed by atoms with Crippen molar-refractivity contribution < 1.29 is 4.52 Å². The number of rotatable bonds is 5. The lowest BCUT2D eigenvalue weighted by Crippen LogP contribution is -1.99. The number of aromatic nitrogens is 3. The lowest BCUT2D eigenvalue weighted by atomic mass is 10.1. The van der Waals surface area contributed by atoms with Crippen LogP contribution in [0.1, 0.15) is 35.8 Å². The highest BCUT2D eigenvalue weighted by atomic mass is 32.1. The quantitative estimate of drug-likeness (QED) is 0.827. The summed E-state index contributed by atoms with van der Waals surface area (Å²) in [4.78, 5) is 8.67. The van der Waals surface area contributed by atoms with Crippen LogP contribution in [-0.2, 0) is 12.8 Å². The molecule has 0 saturated heterocycles. The molecule has 0 saturated carbocycles. The molecular formula is C12H14N4OS. The molecule has 5 nitrogen and oxygen atoms in total. The van der Waals surface area contributed by atoms with E-state index in [1.807, 2.05) is 19.2 Å². The summed E-state index contributed by atoms with van der Waals surface area (Å²) >= 11 is 1.61. The van der Waals surface area contributed by atoms with Crippen LogP contribution in [0.5, 0.6) is 0 Å². The minimum absolute atomic E-state index is 0.241. The maximum absolute atomic E-state index is 8.59. The van der Waals surface area contributed by atoms with Crippen molar-refractivity contribution in [2.24, 2.45) is 5.92 Å². The van der Waals surface area contributed by atoms with Gasteiger partial charge in [-0.25, -0.2) is 4.98 Å². The van der Waals surface area contributed by atoms with E-state index in [1.165, 1.54) is 0 Å². The van der Waals surface area contributed by atoms with E-state index in [2.05, 4.69) is 21.2 Å². The van der Waals surface area contributed by atoms with Crippen LogP contribution in [-0.4, -0.2) is 15.1 Å². The van der Waals surface area contributed by atoms with Crippen LogP contribution in [0.15, 0.2) is 9.90 Å². The molecule has 0 aliphatic rings. The molecule has 2 aromatic rings. The van der Waals surface area contributed by atoms with E-state index in [-0.39, 0.29) is 5.92 Å². The van der Waals surface area contributed by atoms with Crippen molar-refractivity contribution in [3.05, 3.63) is 27.8 Å².